The monoisotopic (exact) mass is 457 g/mol. The van der Waals surface area contributed by atoms with Gasteiger partial charge in [0.2, 0.25) is 5.88 Å². The number of hydrogen-bond acceptors (Lipinski definition) is 5. The van der Waals surface area contributed by atoms with Gasteiger partial charge in [-0.25, -0.2) is 14.4 Å². The zero-order valence-corrected chi connectivity index (χ0v) is 17.4. The molecular formula is C23H19F4N5O. The topological polar surface area (TPSA) is 66.1 Å². The number of pyridine rings is 2. The molecule has 1 aliphatic heterocycles. The number of anilines is 3. The van der Waals surface area contributed by atoms with Crippen molar-refractivity contribution in [2.45, 2.75) is 19.2 Å². The van der Waals surface area contributed by atoms with Crippen LogP contribution in [0.4, 0.5) is 34.8 Å². The summed E-state index contributed by atoms with van der Waals surface area (Å²) in [4.78, 5) is 13.2. The van der Waals surface area contributed by atoms with Crippen molar-refractivity contribution in [3.63, 3.8) is 0 Å². The van der Waals surface area contributed by atoms with Crippen LogP contribution in [0.15, 0.2) is 55.0 Å². The second kappa shape index (κ2) is 7.95. The van der Waals surface area contributed by atoms with Gasteiger partial charge in [-0.15, -0.1) is 0 Å². The Bertz CT molecular complexity index is 1300. The summed E-state index contributed by atoms with van der Waals surface area (Å²) in [6.07, 6.45) is -0.810. The van der Waals surface area contributed by atoms with Gasteiger partial charge in [-0.1, -0.05) is 0 Å². The lowest BCUT2D eigenvalue weighted by atomic mass is 10.1. The number of alkyl halides is 3. The Morgan fingerprint density at radius 2 is 1.94 bits per heavy atom. The third-order valence-electron chi connectivity index (χ3n) is 5.61. The number of nitrogens with one attached hydrogen (secondary N) is 2. The van der Waals surface area contributed by atoms with Crippen LogP contribution in [-0.2, 0) is 6.18 Å². The molecule has 2 N–H and O–H groups in total. The highest BCUT2D eigenvalue weighted by Gasteiger charge is 2.32. The largest absolute Gasteiger partial charge is 0.471 e. The van der Waals surface area contributed by atoms with Crippen molar-refractivity contribution >= 4 is 28.1 Å². The highest BCUT2D eigenvalue weighted by molar-refractivity contribution is 5.84. The molecule has 1 fully saturated rings. The molecule has 0 saturated carbocycles. The van der Waals surface area contributed by atoms with Crippen molar-refractivity contribution in [2.24, 2.45) is 0 Å². The molecule has 0 unspecified atom stereocenters. The van der Waals surface area contributed by atoms with Crippen molar-refractivity contribution in [1.29, 1.82) is 0 Å². The molecule has 10 heteroatoms. The first-order valence-electron chi connectivity index (χ1n) is 10.2. The number of fused-ring (bicyclic) bond motifs is 1. The summed E-state index contributed by atoms with van der Waals surface area (Å²) in [5.74, 6) is 0.541. The average Bonchev–Trinajstić information content (AvgIpc) is 3.12. The molecule has 0 atom stereocenters. The second-order valence-corrected chi connectivity index (χ2v) is 7.85. The number of H-pyrrole nitrogens is 1. The number of ether oxygens (including phenoxy) is 1. The van der Waals surface area contributed by atoms with Gasteiger partial charge in [0.25, 0.3) is 0 Å². The first-order chi connectivity index (χ1) is 15.8. The van der Waals surface area contributed by atoms with E-state index < -0.39 is 11.7 Å². The lowest BCUT2D eigenvalue weighted by Crippen LogP contribution is -2.54. The summed E-state index contributed by atoms with van der Waals surface area (Å²) in [6.45, 7) is 3.09. The summed E-state index contributed by atoms with van der Waals surface area (Å²) in [5.41, 5.74) is 2.56. The minimum absolute atomic E-state index is 0.164. The van der Waals surface area contributed by atoms with Crippen molar-refractivity contribution < 1.29 is 22.3 Å². The molecule has 4 aromatic rings. The van der Waals surface area contributed by atoms with Gasteiger partial charge in [0.15, 0.2) is 0 Å². The Kier molecular flexibility index (Phi) is 5.07. The van der Waals surface area contributed by atoms with Gasteiger partial charge in [0.1, 0.15) is 17.7 Å². The smallest absolute Gasteiger partial charge is 0.417 e. The van der Waals surface area contributed by atoms with Crippen molar-refractivity contribution in [3.05, 3.63) is 71.9 Å². The number of rotatable bonds is 5. The molecule has 6 nitrogen and oxygen atoms in total. The molecule has 170 valence electrons. The number of aromatic amines is 1. The van der Waals surface area contributed by atoms with Crippen LogP contribution in [0, 0.1) is 12.7 Å². The van der Waals surface area contributed by atoms with Crippen LogP contribution in [0.2, 0.25) is 0 Å². The molecular weight excluding hydrogens is 438 g/mol. The number of aromatic nitrogens is 3. The maximum Gasteiger partial charge on any atom is 0.417 e. The predicted octanol–water partition coefficient (Wildman–Crippen LogP) is 5.44. The zero-order valence-electron chi connectivity index (χ0n) is 17.4. The Hall–Kier alpha value is -3.82. The minimum Gasteiger partial charge on any atom is -0.471 e. The van der Waals surface area contributed by atoms with E-state index in [1.807, 2.05) is 19.1 Å². The third-order valence-corrected chi connectivity index (χ3v) is 5.61. The number of halogens is 4. The van der Waals surface area contributed by atoms with Gasteiger partial charge < -0.3 is 19.9 Å². The van der Waals surface area contributed by atoms with E-state index in [0.717, 1.165) is 29.2 Å². The lowest BCUT2D eigenvalue weighted by molar-refractivity contribution is -0.137. The van der Waals surface area contributed by atoms with Crippen LogP contribution in [0.1, 0.15) is 11.1 Å². The average molecular weight is 457 g/mol. The summed E-state index contributed by atoms with van der Waals surface area (Å²) in [7, 11) is 0. The maximum absolute atomic E-state index is 13.7. The molecule has 33 heavy (non-hydrogen) atoms. The molecule has 0 radical (unpaired) electrons. The van der Waals surface area contributed by atoms with Crippen LogP contribution in [-0.4, -0.2) is 34.1 Å². The normalized spacial score (nSPS) is 14.4. The Morgan fingerprint density at radius 3 is 2.67 bits per heavy atom. The van der Waals surface area contributed by atoms with Crippen LogP contribution in [0.5, 0.6) is 5.88 Å². The van der Waals surface area contributed by atoms with Gasteiger partial charge in [-0.2, -0.15) is 13.2 Å². The van der Waals surface area contributed by atoms with E-state index in [1.54, 1.807) is 18.3 Å². The fourth-order valence-corrected chi connectivity index (χ4v) is 3.80. The van der Waals surface area contributed by atoms with E-state index in [4.69, 9.17) is 4.74 Å². The fraction of sp³-hybridized carbons (Fsp3) is 0.217. The SMILES string of the molecule is Cc1c(N2CC(Oc3ccc(C(F)(F)F)cn3)C2)ccnc1Nc1ccc2c(F)c[nH]c2c1. The molecule has 0 amide bonds. The predicted molar refractivity (Wildman–Crippen MR) is 116 cm³/mol. The van der Waals surface area contributed by atoms with Crippen molar-refractivity contribution in [3.8, 4) is 5.88 Å². The molecule has 0 spiro atoms. The molecule has 0 bridgehead atoms. The lowest BCUT2D eigenvalue weighted by Gasteiger charge is -2.41. The first-order valence-corrected chi connectivity index (χ1v) is 10.2. The van der Waals surface area contributed by atoms with E-state index in [2.05, 4.69) is 25.2 Å². The minimum atomic E-state index is -4.42. The van der Waals surface area contributed by atoms with Crippen molar-refractivity contribution in [1.82, 2.24) is 15.0 Å². The summed E-state index contributed by atoms with van der Waals surface area (Å²) in [5, 5.41) is 3.79. The summed E-state index contributed by atoms with van der Waals surface area (Å²) >= 11 is 0. The molecule has 4 heterocycles. The van der Waals surface area contributed by atoms with Crippen LogP contribution in [0.3, 0.4) is 0 Å². The maximum atomic E-state index is 13.7. The van der Waals surface area contributed by atoms with Gasteiger partial charge in [0, 0.05) is 47.0 Å². The highest BCUT2D eigenvalue weighted by Crippen LogP contribution is 2.33. The van der Waals surface area contributed by atoms with Crippen LogP contribution >= 0.6 is 0 Å². The van der Waals surface area contributed by atoms with E-state index in [1.165, 1.54) is 12.3 Å². The van der Waals surface area contributed by atoms with Gasteiger partial charge in [-0.05, 0) is 37.3 Å². The molecule has 1 aromatic carbocycles. The highest BCUT2D eigenvalue weighted by atomic mass is 19.4. The van der Waals surface area contributed by atoms with E-state index >= 15 is 0 Å². The molecule has 5 rings (SSSR count). The van der Waals surface area contributed by atoms with Crippen LogP contribution < -0.4 is 15.0 Å². The van der Waals surface area contributed by atoms with Gasteiger partial charge >= 0.3 is 6.18 Å². The number of nitrogens with zero attached hydrogens (tertiary/aromatic N) is 3. The quantitative estimate of drug-likeness (QED) is 0.391. The van der Waals surface area contributed by atoms with E-state index in [0.29, 0.717) is 29.8 Å². The van der Waals surface area contributed by atoms with Gasteiger partial charge in [0.05, 0.1) is 24.2 Å². The van der Waals surface area contributed by atoms with Crippen LogP contribution in [0.25, 0.3) is 10.9 Å². The first kappa shape index (κ1) is 21.0. The Morgan fingerprint density at radius 1 is 1.12 bits per heavy atom. The summed E-state index contributed by atoms with van der Waals surface area (Å²) < 4.78 is 57.3. The molecule has 3 aromatic heterocycles. The number of benzene rings is 1. The van der Waals surface area contributed by atoms with E-state index in [9.17, 15) is 17.6 Å². The van der Waals surface area contributed by atoms with Crippen molar-refractivity contribution in [2.75, 3.05) is 23.3 Å². The fourth-order valence-electron chi connectivity index (χ4n) is 3.80. The second-order valence-electron chi connectivity index (χ2n) is 7.85. The standard InChI is InChI=1S/C23H19F4N5O/c1-13-20(32-11-16(12-32)33-21-5-2-14(9-30-21)23(25,26)27)6-7-28-22(13)31-15-3-4-17-18(24)10-29-19(17)8-15/h2-10,16,29H,11-12H2,1H3,(H,28,31). The summed E-state index contributed by atoms with van der Waals surface area (Å²) in [6, 6.07) is 9.40. The zero-order chi connectivity index (χ0) is 23.2. The van der Waals surface area contributed by atoms with Gasteiger partial charge in [-0.3, -0.25) is 0 Å². The molecule has 1 aliphatic rings. The molecule has 1 saturated heterocycles. The Labute approximate surface area is 186 Å². The third kappa shape index (κ3) is 4.15. The Balaban J connectivity index is 1.24. The number of hydrogen-bond donors (Lipinski definition) is 2. The molecule has 0 aliphatic carbocycles. The van der Waals surface area contributed by atoms with E-state index in [-0.39, 0.29) is 17.8 Å².